The van der Waals surface area contributed by atoms with Gasteiger partial charge in [-0.05, 0) is 6.07 Å². The average molecular weight is 199 g/mol. The highest BCUT2D eigenvalue weighted by Crippen LogP contribution is 2.22. The standard InChI is InChI=1S/C12H9NO2/c14-8-10-6-11(15)7-13-12(10)9-4-2-1-3-5-9/h1-8,15H. The molecule has 0 amide bonds. The predicted molar refractivity (Wildman–Crippen MR) is 56.7 cm³/mol. The maximum Gasteiger partial charge on any atom is 0.152 e. The molecule has 1 aromatic carbocycles. The quantitative estimate of drug-likeness (QED) is 0.755. The first-order valence-corrected chi connectivity index (χ1v) is 4.51. The van der Waals surface area contributed by atoms with E-state index in [1.165, 1.54) is 12.3 Å². The third-order valence-corrected chi connectivity index (χ3v) is 2.08. The molecule has 3 nitrogen and oxygen atoms in total. The Morgan fingerprint density at radius 2 is 1.93 bits per heavy atom. The largest absolute Gasteiger partial charge is 0.506 e. The van der Waals surface area contributed by atoms with Gasteiger partial charge in [-0.25, -0.2) is 0 Å². The van der Waals surface area contributed by atoms with Crippen LogP contribution >= 0.6 is 0 Å². The van der Waals surface area contributed by atoms with Crippen molar-refractivity contribution in [3.63, 3.8) is 0 Å². The topological polar surface area (TPSA) is 50.2 Å². The van der Waals surface area contributed by atoms with Crippen molar-refractivity contribution in [2.24, 2.45) is 0 Å². The van der Waals surface area contributed by atoms with Gasteiger partial charge in [0.05, 0.1) is 11.9 Å². The Morgan fingerprint density at radius 1 is 1.20 bits per heavy atom. The highest BCUT2D eigenvalue weighted by molar-refractivity contribution is 5.86. The summed E-state index contributed by atoms with van der Waals surface area (Å²) in [5.74, 6) is -0.00298. The lowest BCUT2D eigenvalue weighted by atomic mass is 10.1. The van der Waals surface area contributed by atoms with E-state index in [2.05, 4.69) is 4.98 Å². The van der Waals surface area contributed by atoms with Crippen LogP contribution in [0.4, 0.5) is 0 Å². The van der Waals surface area contributed by atoms with Gasteiger partial charge in [0.1, 0.15) is 5.75 Å². The maximum absolute atomic E-state index is 10.8. The van der Waals surface area contributed by atoms with Crippen LogP contribution < -0.4 is 0 Å². The van der Waals surface area contributed by atoms with E-state index in [4.69, 9.17) is 0 Å². The molecule has 0 aliphatic carbocycles. The van der Waals surface area contributed by atoms with Crippen molar-refractivity contribution in [1.29, 1.82) is 0 Å². The molecule has 0 aliphatic heterocycles. The van der Waals surface area contributed by atoms with Crippen molar-refractivity contribution in [2.75, 3.05) is 0 Å². The molecule has 2 rings (SSSR count). The fourth-order valence-electron chi connectivity index (χ4n) is 1.40. The summed E-state index contributed by atoms with van der Waals surface area (Å²) in [4.78, 5) is 14.8. The molecule has 74 valence electrons. The molecule has 1 heterocycles. The van der Waals surface area contributed by atoms with E-state index in [-0.39, 0.29) is 5.75 Å². The van der Waals surface area contributed by atoms with Crippen LogP contribution in [0.25, 0.3) is 11.3 Å². The van der Waals surface area contributed by atoms with E-state index in [1.807, 2.05) is 30.3 Å². The molecule has 2 aromatic rings. The first-order chi connectivity index (χ1) is 7.31. The Morgan fingerprint density at radius 3 is 2.60 bits per heavy atom. The molecular weight excluding hydrogens is 190 g/mol. The number of carbonyl (C=O) groups is 1. The monoisotopic (exact) mass is 199 g/mol. The van der Waals surface area contributed by atoms with Crippen molar-refractivity contribution >= 4 is 6.29 Å². The van der Waals surface area contributed by atoms with E-state index in [9.17, 15) is 9.90 Å². The Hall–Kier alpha value is -2.16. The van der Waals surface area contributed by atoms with Crippen LogP contribution in [0, 0.1) is 0 Å². The number of benzene rings is 1. The lowest BCUT2D eigenvalue weighted by molar-refractivity contribution is 0.112. The SMILES string of the molecule is O=Cc1cc(O)cnc1-c1ccccc1. The average Bonchev–Trinajstić information content (AvgIpc) is 2.30. The van der Waals surface area contributed by atoms with Crippen molar-refractivity contribution in [1.82, 2.24) is 4.98 Å². The minimum Gasteiger partial charge on any atom is -0.506 e. The van der Waals surface area contributed by atoms with Gasteiger partial charge in [0.2, 0.25) is 0 Å². The third kappa shape index (κ3) is 1.86. The number of pyridine rings is 1. The number of carbonyl (C=O) groups excluding carboxylic acids is 1. The third-order valence-electron chi connectivity index (χ3n) is 2.08. The van der Waals surface area contributed by atoms with E-state index in [0.29, 0.717) is 17.5 Å². The first-order valence-electron chi connectivity index (χ1n) is 4.51. The highest BCUT2D eigenvalue weighted by Gasteiger charge is 2.06. The maximum atomic E-state index is 10.8. The summed E-state index contributed by atoms with van der Waals surface area (Å²) in [6.07, 6.45) is 2.02. The molecule has 0 unspecified atom stereocenters. The Kier molecular flexibility index (Phi) is 2.46. The van der Waals surface area contributed by atoms with Crippen molar-refractivity contribution in [3.8, 4) is 17.0 Å². The van der Waals surface area contributed by atoms with Crippen molar-refractivity contribution in [3.05, 3.63) is 48.2 Å². The van der Waals surface area contributed by atoms with Gasteiger partial charge in [-0.2, -0.15) is 0 Å². The fourth-order valence-corrected chi connectivity index (χ4v) is 1.40. The summed E-state index contributed by atoms with van der Waals surface area (Å²) in [5, 5.41) is 9.19. The summed E-state index contributed by atoms with van der Waals surface area (Å²) < 4.78 is 0. The van der Waals surface area contributed by atoms with Gasteiger partial charge in [-0.3, -0.25) is 9.78 Å². The van der Waals surface area contributed by atoms with Gasteiger partial charge < -0.3 is 5.11 Å². The molecule has 0 saturated heterocycles. The normalized spacial score (nSPS) is 9.87. The molecule has 1 N–H and O–H groups in total. The lowest BCUT2D eigenvalue weighted by Crippen LogP contribution is -1.90. The van der Waals surface area contributed by atoms with E-state index in [1.54, 1.807) is 0 Å². The number of nitrogens with zero attached hydrogens (tertiary/aromatic N) is 1. The van der Waals surface area contributed by atoms with Crippen LogP contribution in [-0.2, 0) is 0 Å². The molecule has 3 heteroatoms. The summed E-state index contributed by atoms with van der Waals surface area (Å²) in [6.45, 7) is 0. The van der Waals surface area contributed by atoms with Crippen LogP contribution in [0.2, 0.25) is 0 Å². The predicted octanol–water partition coefficient (Wildman–Crippen LogP) is 2.27. The van der Waals surface area contributed by atoms with Crippen LogP contribution in [-0.4, -0.2) is 16.4 Å². The summed E-state index contributed by atoms with van der Waals surface area (Å²) >= 11 is 0. The molecule has 15 heavy (non-hydrogen) atoms. The second kappa shape index (κ2) is 3.92. The highest BCUT2D eigenvalue weighted by atomic mass is 16.3. The first kappa shape index (κ1) is 9.40. The van der Waals surface area contributed by atoms with E-state index >= 15 is 0 Å². The zero-order valence-corrected chi connectivity index (χ0v) is 7.92. The van der Waals surface area contributed by atoms with Gasteiger partial charge >= 0.3 is 0 Å². The molecule has 0 aliphatic rings. The second-order valence-electron chi connectivity index (χ2n) is 3.12. The van der Waals surface area contributed by atoms with Gasteiger partial charge in [0.15, 0.2) is 6.29 Å². The number of aldehydes is 1. The van der Waals surface area contributed by atoms with Crippen molar-refractivity contribution in [2.45, 2.75) is 0 Å². The van der Waals surface area contributed by atoms with E-state index in [0.717, 1.165) is 5.56 Å². The van der Waals surface area contributed by atoms with Gasteiger partial charge in [0.25, 0.3) is 0 Å². The number of hydrogen-bond acceptors (Lipinski definition) is 3. The summed E-state index contributed by atoms with van der Waals surface area (Å²) in [6, 6.07) is 10.8. The Bertz CT molecular complexity index is 480. The smallest absolute Gasteiger partial charge is 0.152 e. The summed E-state index contributed by atoms with van der Waals surface area (Å²) in [7, 11) is 0. The van der Waals surface area contributed by atoms with E-state index < -0.39 is 0 Å². The molecule has 0 fully saturated rings. The molecule has 0 spiro atoms. The molecule has 0 atom stereocenters. The van der Waals surface area contributed by atoms with Crippen molar-refractivity contribution < 1.29 is 9.90 Å². The molecule has 0 saturated carbocycles. The fraction of sp³-hybridized carbons (Fsp3) is 0. The minimum atomic E-state index is -0.00298. The number of rotatable bonds is 2. The minimum absolute atomic E-state index is 0.00298. The Balaban J connectivity index is 2.58. The molecule has 0 radical (unpaired) electrons. The Labute approximate surface area is 87.0 Å². The van der Waals surface area contributed by atoms with Crippen LogP contribution in [0.5, 0.6) is 5.75 Å². The van der Waals surface area contributed by atoms with Gasteiger partial charge in [-0.1, -0.05) is 30.3 Å². The number of hydrogen-bond donors (Lipinski definition) is 1. The van der Waals surface area contributed by atoms with Gasteiger partial charge in [-0.15, -0.1) is 0 Å². The summed E-state index contributed by atoms with van der Waals surface area (Å²) in [5.41, 5.74) is 1.84. The number of aromatic nitrogens is 1. The second-order valence-corrected chi connectivity index (χ2v) is 3.12. The van der Waals surface area contributed by atoms with Crippen LogP contribution in [0.1, 0.15) is 10.4 Å². The van der Waals surface area contributed by atoms with Crippen LogP contribution in [0.3, 0.4) is 0 Å². The van der Waals surface area contributed by atoms with Crippen LogP contribution in [0.15, 0.2) is 42.6 Å². The lowest BCUT2D eigenvalue weighted by Gasteiger charge is -2.03. The number of aromatic hydroxyl groups is 1. The molecule has 1 aromatic heterocycles. The molecule has 0 bridgehead atoms. The zero-order valence-electron chi connectivity index (χ0n) is 7.92. The molecular formula is C12H9NO2. The zero-order chi connectivity index (χ0) is 10.7. The van der Waals surface area contributed by atoms with Gasteiger partial charge in [0, 0.05) is 11.1 Å².